The van der Waals surface area contributed by atoms with Crippen LogP contribution in [0.2, 0.25) is 0 Å². The second kappa shape index (κ2) is 5.93. The van der Waals surface area contributed by atoms with Crippen molar-refractivity contribution in [2.24, 2.45) is 5.73 Å². The molecule has 0 bridgehead atoms. The maximum absolute atomic E-state index is 12.3. The first kappa shape index (κ1) is 14.8. The number of para-hydroxylation sites is 1. The minimum absolute atomic E-state index is 0.165. The molecule has 0 aliphatic carbocycles. The van der Waals surface area contributed by atoms with Crippen LogP contribution in [0, 0.1) is 13.8 Å². The molecule has 1 aliphatic heterocycles. The van der Waals surface area contributed by atoms with Gasteiger partial charge >= 0.3 is 0 Å². The lowest BCUT2D eigenvalue weighted by Gasteiger charge is -2.31. The molecular weight excluding hydrogens is 272 g/mol. The number of anilines is 1. The van der Waals surface area contributed by atoms with Gasteiger partial charge in [0.25, 0.3) is 0 Å². The first-order chi connectivity index (χ1) is 10.6. The number of amides is 1. The van der Waals surface area contributed by atoms with Gasteiger partial charge in [-0.2, -0.15) is 0 Å². The van der Waals surface area contributed by atoms with Gasteiger partial charge in [0.1, 0.15) is 0 Å². The zero-order chi connectivity index (χ0) is 15.7. The van der Waals surface area contributed by atoms with Crippen LogP contribution >= 0.6 is 0 Å². The predicted octanol–water partition coefficient (Wildman–Crippen LogP) is 3.28. The van der Waals surface area contributed by atoms with Gasteiger partial charge in [-0.3, -0.25) is 4.79 Å². The fourth-order valence-corrected chi connectivity index (χ4v) is 2.99. The topological polar surface area (TPSA) is 46.3 Å². The van der Waals surface area contributed by atoms with E-state index in [1.54, 1.807) is 0 Å². The van der Waals surface area contributed by atoms with Crippen molar-refractivity contribution in [1.82, 2.24) is 0 Å². The number of carbonyl (C=O) groups excluding carboxylic acids is 1. The van der Waals surface area contributed by atoms with E-state index in [1.807, 2.05) is 23.1 Å². The number of hydrogen-bond donors (Lipinski definition) is 1. The fourth-order valence-electron chi connectivity index (χ4n) is 2.99. The Balaban J connectivity index is 1.85. The van der Waals surface area contributed by atoms with Crippen LogP contribution in [0.1, 0.15) is 34.7 Å². The van der Waals surface area contributed by atoms with Crippen LogP contribution in [0.15, 0.2) is 42.5 Å². The van der Waals surface area contributed by atoms with Gasteiger partial charge < -0.3 is 10.6 Å². The highest BCUT2D eigenvalue weighted by Crippen LogP contribution is 2.29. The standard InChI is InChI=1S/C19H22N2O/c1-13-7-8-16(11-14(13)2)17(20)12-21-18-6-4-3-5-15(18)9-10-19(21)22/h3-8,11,17H,9-10,12,20H2,1-2H3. The lowest BCUT2D eigenvalue weighted by molar-refractivity contribution is -0.119. The largest absolute Gasteiger partial charge is 0.322 e. The summed E-state index contributed by atoms with van der Waals surface area (Å²) >= 11 is 0. The lowest BCUT2D eigenvalue weighted by Crippen LogP contribution is -2.40. The number of nitrogens with zero attached hydrogens (tertiary/aromatic N) is 1. The number of hydrogen-bond acceptors (Lipinski definition) is 2. The Hall–Kier alpha value is -2.13. The highest BCUT2D eigenvalue weighted by Gasteiger charge is 2.25. The number of nitrogens with two attached hydrogens (primary N) is 1. The van der Waals surface area contributed by atoms with E-state index in [0.717, 1.165) is 17.7 Å². The Morgan fingerprint density at radius 1 is 1.09 bits per heavy atom. The van der Waals surface area contributed by atoms with Crippen molar-refractivity contribution in [2.45, 2.75) is 32.7 Å². The van der Waals surface area contributed by atoms with Crippen LogP contribution in [0.5, 0.6) is 0 Å². The smallest absolute Gasteiger partial charge is 0.227 e. The Labute approximate surface area is 131 Å². The molecule has 3 rings (SSSR count). The van der Waals surface area contributed by atoms with Crippen molar-refractivity contribution < 1.29 is 4.79 Å². The van der Waals surface area contributed by atoms with E-state index in [4.69, 9.17) is 5.73 Å². The Bertz CT molecular complexity index is 708. The Kier molecular flexibility index (Phi) is 3.99. The SMILES string of the molecule is Cc1ccc(C(N)CN2C(=O)CCc3ccccc32)cc1C. The van der Waals surface area contributed by atoms with Crippen molar-refractivity contribution in [3.05, 3.63) is 64.7 Å². The van der Waals surface area contributed by atoms with Crippen molar-refractivity contribution in [3.8, 4) is 0 Å². The van der Waals surface area contributed by atoms with Gasteiger partial charge in [-0.05, 0) is 48.6 Å². The van der Waals surface area contributed by atoms with E-state index in [9.17, 15) is 4.79 Å². The summed E-state index contributed by atoms with van der Waals surface area (Å²) in [6, 6.07) is 14.2. The summed E-state index contributed by atoms with van der Waals surface area (Å²) in [5.74, 6) is 0.165. The monoisotopic (exact) mass is 294 g/mol. The summed E-state index contributed by atoms with van der Waals surface area (Å²) in [4.78, 5) is 14.2. The summed E-state index contributed by atoms with van der Waals surface area (Å²) in [5, 5.41) is 0. The third kappa shape index (κ3) is 2.77. The second-order valence-corrected chi connectivity index (χ2v) is 6.08. The third-order valence-electron chi connectivity index (χ3n) is 4.53. The zero-order valence-corrected chi connectivity index (χ0v) is 13.2. The molecule has 1 aliphatic rings. The average molecular weight is 294 g/mol. The second-order valence-electron chi connectivity index (χ2n) is 6.08. The summed E-state index contributed by atoms with van der Waals surface area (Å²) in [7, 11) is 0. The van der Waals surface area contributed by atoms with Gasteiger partial charge in [-0.15, -0.1) is 0 Å². The number of aryl methyl sites for hydroxylation is 3. The van der Waals surface area contributed by atoms with Gasteiger partial charge in [-0.1, -0.05) is 36.4 Å². The Morgan fingerprint density at radius 3 is 2.64 bits per heavy atom. The molecule has 3 nitrogen and oxygen atoms in total. The van der Waals surface area contributed by atoms with Gasteiger partial charge in [0, 0.05) is 24.7 Å². The average Bonchev–Trinajstić information content (AvgIpc) is 2.52. The van der Waals surface area contributed by atoms with Crippen LogP contribution in [-0.2, 0) is 11.2 Å². The molecule has 2 aromatic rings. The van der Waals surface area contributed by atoms with Crippen molar-refractivity contribution in [1.29, 1.82) is 0 Å². The first-order valence-electron chi connectivity index (χ1n) is 7.77. The molecule has 0 saturated heterocycles. The quantitative estimate of drug-likeness (QED) is 0.944. The van der Waals surface area contributed by atoms with Crippen LogP contribution in [-0.4, -0.2) is 12.5 Å². The number of fused-ring (bicyclic) bond motifs is 1. The molecule has 1 unspecified atom stereocenters. The van der Waals surface area contributed by atoms with E-state index < -0.39 is 0 Å². The molecule has 1 heterocycles. The molecular formula is C19H22N2O. The normalized spacial score (nSPS) is 15.6. The molecule has 1 atom stereocenters. The molecule has 1 amide bonds. The van der Waals surface area contributed by atoms with Crippen LogP contribution in [0.3, 0.4) is 0 Å². The fraction of sp³-hybridized carbons (Fsp3) is 0.316. The summed E-state index contributed by atoms with van der Waals surface area (Å²) in [6.07, 6.45) is 1.39. The van der Waals surface area contributed by atoms with Gasteiger partial charge in [0.15, 0.2) is 0 Å². The predicted molar refractivity (Wildman–Crippen MR) is 90.0 cm³/mol. The maximum Gasteiger partial charge on any atom is 0.227 e. The molecule has 3 heteroatoms. The summed E-state index contributed by atoms with van der Waals surface area (Å²) in [6.45, 7) is 4.71. The van der Waals surface area contributed by atoms with Crippen LogP contribution in [0.25, 0.3) is 0 Å². The van der Waals surface area contributed by atoms with Crippen molar-refractivity contribution >= 4 is 11.6 Å². The van der Waals surface area contributed by atoms with E-state index in [1.165, 1.54) is 16.7 Å². The lowest BCUT2D eigenvalue weighted by atomic mass is 9.98. The highest BCUT2D eigenvalue weighted by atomic mass is 16.2. The Morgan fingerprint density at radius 2 is 1.86 bits per heavy atom. The minimum Gasteiger partial charge on any atom is -0.322 e. The molecule has 2 N–H and O–H groups in total. The van der Waals surface area contributed by atoms with Gasteiger partial charge in [0.2, 0.25) is 5.91 Å². The molecule has 0 aromatic heterocycles. The maximum atomic E-state index is 12.3. The number of rotatable bonds is 3. The van der Waals surface area contributed by atoms with Crippen molar-refractivity contribution in [2.75, 3.05) is 11.4 Å². The molecule has 0 saturated carbocycles. The number of carbonyl (C=O) groups is 1. The number of benzene rings is 2. The zero-order valence-electron chi connectivity index (χ0n) is 13.2. The minimum atomic E-state index is -0.172. The molecule has 2 aromatic carbocycles. The molecule has 114 valence electrons. The van der Waals surface area contributed by atoms with E-state index in [0.29, 0.717) is 13.0 Å². The van der Waals surface area contributed by atoms with Crippen LogP contribution in [0.4, 0.5) is 5.69 Å². The van der Waals surface area contributed by atoms with E-state index in [2.05, 4.69) is 38.1 Å². The van der Waals surface area contributed by atoms with E-state index >= 15 is 0 Å². The van der Waals surface area contributed by atoms with Gasteiger partial charge in [0.05, 0.1) is 0 Å². The molecule has 0 spiro atoms. The molecule has 0 fully saturated rings. The van der Waals surface area contributed by atoms with Crippen LogP contribution < -0.4 is 10.6 Å². The summed E-state index contributed by atoms with van der Waals surface area (Å²) in [5.41, 5.74) is 12.2. The molecule has 0 radical (unpaired) electrons. The first-order valence-corrected chi connectivity index (χ1v) is 7.77. The van der Waals surface area contributed by atoms with E-state index in [-0.39, 0.29) is 11.9 Å². The van der Waals surface area contributed by atoms with Crippen molar-refractivity contribution in [3.63, 3.8) is 0 Å². The third-order valence-corrected chi connectivity index (χ3v) is 4.53. The highest BCUT2D eigenvalue weighted by molar-refractivity contribution is 5.96. The molecule has 22 heavy (non-hydrogen) atoms. The van der Waals surface area contributed by atoms with Gasteiger partial charge in [-0.25, -0.2) is 0 Å². The summed E-state index contributed by atoms with van der Waals surface area (Å²) < 4.78 is 0.